The van der Waals surface area contributed by atoms with Crippen molar-refractivity contribution in [1.82, 2.24) is 0 Å². The molecule has 19 aromatic carbocycles. The molecular weight excluding hydrogens is 1330 g/mol. The van der Waals surface area contributed by atoms with Crippen LogP contribution in [0.3, 0.4) is 0 Å². The number of hydrogen-bond donors (Lipinski definition) is 0. The van der Waals surface area contributed by atoms with Gasteiger partial charge in [-0.2, -0.15) is 0 Å². The van der Waals surface area contributed by atoms with Gasteiger partial charge in [-0.3, -0.25) is 0 Å². The van der Waals surface area contributed by atoms with Gasteiger partial charge in [-0.15, -0.1) is 0 Å². The van der Waals surface area contributed by atoms with Gasteiger partial charge in [0.05, 0.1) is 0 Å². The summed E-state index contributed by atoms with van der Waals surface area (Å²) in [5.41, 5.74) is 22.0. The molecule has 0 radical (unpaired) electrons. The number of fused-ring (bicyclic) bond motifs is 26. The third-order valence-corrected chi connectivity index (χ3v) is 25.8. The van der Waals surface area contributed by atoms with Crippen LogP contribution >= 0.6 is 0 Å². The van der Waals surface area contributed by atoms with E-state index in [9.17, 15) is 0 Å². The Hall–Kier alpha value is -11.7. The van der Waals surface area contributed by atoms with Crippen LogP contribution < -0.4 is 0 Å². The molecule has 0 spiro atoms. The monoisotopic (exact) mass is 1430 g/mol. The van der Waals surface area contributed by atoms with E-state index in [1.165, 1.54) is 264 Å². The molecule has 0 saturated heterocycles. The van der Waals surface area contributed by atoms with E-state index in [2.05, 4.69) is 315 Å². The molecule has 0 aliphatic heterocycles. The first kappa shape index (κ1) is 68.6. The van der Waals surface area contributed by atoms with Crippen molar-refractivity contribution in [2.75, 3.05) is 0 Å². The van der Waals surface area contributed by atoms with Crippen molar-refractivity contribution >= 4 is 129 Å². The Morgan fingerprint density at radius 1 is 0.117 bits per heavy atom. The average molecular weight is 1430 g/mol. The molecule has 7 aliphatic carbocycles. The van der Waals surface area contributed by atoms with Gasteiger partial charge in [-0.05, 0) is 366 Å². The fourth-order valence-corrected chi connectivity index (χ4v) is 20.2. The molecule has 0 N–H and O–H groups in total. The molecular formula is C111H94. The van der Waals surface area contributed by atoms with E-state index in [4.69, 9.17) is 0 Å². The summed E-state index contributed by atoms with van der Waals surface area (Å²) in [6.07, 6.45) is 27.0. The quantitative estimate of drug-likeness (QED) is 0.105. The van der Waals surface area contributed by atoms with Crippen molar-refractivity contribution in [3.63, 3.8) is 0 Å². The highest BCUT2D eigenvalue weighted by Crippen LogP contribution is 2.40. The van der Waals surface area contributed by atoms with E-state index in [0.717, 1.165) is 0 Å². The zero-order chi connectivity index (χ0) is 73.6. The summed E-state index contributed by atoms with van der Waals surface area (Å²) in [4.78, 5) is 0. The third kappa shape index (κ3) is 13.7. The zero-order valence-corrected chi connectivity index (χ0v) is 63.9. The van der Waals surface area contributed by atoms with E-state index in [-0.39, 0.29) is 0 Å². The minimum atomic E-state index is 1.25. The summed E-state index contributed by atoms with van der Waals surface area (Å²) >= 11 is 0. The van der Waals surface area contributed by atoms with Crippen LogP contribution in [0.2, 0.25) is 0 Å². The average Bonchev–Trinajstić information content (AvgIpc) is 1.76. The normalized spacial score (nSPS) is 14.5. The van der Waals surface area contributed by atoms with E-state index in [1.807, 2.05) is 0 Å². The third-order valence-electron chi connectivity index (χ3n) is 25.8. The summed E-state index contributed by atoms with van der Waals surface area (Å²) in [5, 5.41) is 33.5. The molecule has 0 bridgehead atoms. The summed E-state index contributed by atoms with van der Waals surface area (Å²) < 4.78 is 0. The van der Waals surface area contributed by atoms with Crippen molar-refractivity contribution in [1.29, 1.82) is 0 Å². The van der Waals surface area contributed by atoms with Gasteiger partial charge in [0.2, 0.25) is 0 Å². The van der Waals surface area contributed by atoms with E-state index < -0.39 is 0 Å². The predicted molar refractivity (Wildman–Crippen MR) is 479 cm³/mol. The first-order valence-electron chi connectivity index (χ1n) is 41.6. The molecule has 0 unspecified atom stereocenters. The van der Waals surface area contributed by atoms with Crippen LogP contribution in [0, 0.1) is 0 Å². The summed E-state index contributed by atoms with van der Waals surface area (Å²) in [7, 11) is 0. The molecule has 0 fully saturated rings. The standard InChI is InChI=1S/5C17H14.2C13H12/c1-2-7-16-12(4-1)8-9-15-10-13-5-3-6-14(13)11-17(15)16;1-2-6-15-12(4-1)8-10-14-11-9-13-5-3-7-16(13)17(14)15;1-2-6-14-12(4-1)8-10-17-15-7-3-5-13(15)9-11-16(14)17;1-2-5-13-9-17-11-15-7-3-6-14(15)10-16(17)8-12(13)4-1;1-2-5-14-11-17-15(10-13(14)4-1)9-8-12-6-3-7-16(12)17;1-2-6-12-10(4-1)8-9-11-5-3-7-13(11)12;1-2-5-11-9-13-7-3-6-12(13)8-10(11)4-1/h1-2,4,7-11H,3,5-6H2;2*1-2,4,6,8-11H,3,5,7H2;2*1-2,4-5,8-11H,3,6-7H2;1-2,4,6,8-9H,3,5,7H2;1-2,4-5,8-9H,3,6-7H2. The molecule has 111 heavy (non-hydrogen) atoms. The number of hydrogen-bond acceptors (Lipinski definition) is 0. The Bertz CT molecular complexity index is 6580. The SMILES string of the molecule is c1ccc2c(c1)ccc1c3c(ccc12)CCC3.c1ccc2c(c1)ccc1cc3c(cc12)CCC3.c1ccc2c(c1)ccc1ccc3c(c12)CCC3.c1ccc2c3c(ccc2c1)CCC3.c1ccc2cc3c(cc2c1)CCC3.c1ccc2cc3c4c(ccc3cc2c1)CCC4.c1ccc2cc3cc4c(cc3cc2c1)CCC4. The maximum Gasteiger partial charge on any atom is -0.00706 e. The first-order chi connectivity index (χ1) is 55.0. The van der Waals surface area contributed by atoms with Gasteiger partial charge < -0.3 is 0 Å². The lowest BCUT2D eigenvalue weighted by Gasteiger charge is -2.09. The van der Waals surface area contributed by atoms with Crippen molar-refractivity contribution in [2.24, 2.45) is 0 Å². The maximum atomic E-state index is 2.42. The lowest BCUT2D eigenvalue weighted by molar-refractivity contribution is 0.912. The first-order valence-corrected chi connectivity index (χ1v) is 41.6. The minimum absolute atomic E-state index is 1.25. The van der Waals surface area contributed by atoms with E-state index >= 15 is 0 Å². The lowest BCUT2D eigenvalue weighted by Crippen LogP contribution is -1.86. The lowest BCUT2D eigenvalue weighted by atomic mass is 9.95. The van der Waals surface area contributed by atoms with Crippen LogP contribution in [0.15, 0.2) is 315 Å². The van der Waals surface area contributed by atoms with Gasteiger partial charge in [0.15, 0.2) is 0 Å². The number of aryl methyl sites for hydroxylation is 14. The fraction of sp³-hybridized carbons (Fsp3) is 0.189. The Balaban J connectivity index is 0.0000000848. The van der Waals surface area contributed by atoms with Gasteiger partial charge in [0.25, 0.3) is 0 Å². The van der Waals surface area contributed by atoms with E-state index in [1.54, 1.807) is 77.9 Å². The highest BCUT2D eigenvalue weighted by molar-refractivity contribution is 6.11. The zero-order valence-electron chi connectivity index (χ0n) is 63.9. The minimum Gasteiger partial charge on any atom is -0.0616 e. The van der Waals surface area contributed by atoms with Gasteiger partial charge in [0, 0.05) is 0 Å². The molecule has 0 heteroatoms. The smallest absolute Gasteiger partial charge is 0.00706 e. The largest absolute Gasteiger partial charge is 0.0616 e. The topological polar surface area (TPSA) is 0 Å². The fourth-order valence-electron chi connectivity index (χ4n) is 20.2. The Morgan fingerprint density at radius 2 is 0.387 bits per heavy atom. The second kappa shape index (κ2) is 30.3. The van der Waals surface area contributed by atoms with Crippen molar-refractivity contribution < 1.29 is 0 Å². The van der Waals surface area contributed by atoms with Crippen LogP contribution in [0.5, 0.6) is 0 Å². The Kier molecular flexibility index (Phi) is 18.7. The van der Waals surface area contributed by atoms with Gasteiger partial charge in [0.1, 0.15) is 0 Å². The van der Waals surface area contributed by atoms with Crippen molar-refractivity contribution in [3.8, 4) is 0 Å². The molecule has 0 atom stereocenters. The van der Waals surface area contributed by atoms with Crippen LogP contribution in [0.25, 0.3) is 129 Å². The summed E-state index contributed by atoms with van der Waals surface area (Å²) in [6, 6.07) is 116. The van der Waals surface area contributed by atoms with Crippen molar-refractivity contribution in [2.45, 2.75) is 135 Å². The van der Waals surface area contributed by atoms with Crippen LogP contribution in [0.1, 0.15) is 123 Å². The molecule has 0 saturated carbocycles. The molecule has 0 heterocycles. The molecule has 538 valence electrons. The molecule has 19 aromatic rings. The number of benzene rings is 19. The highest BCUT2D eigenvalue weighted by atomic mass is 14.2. The maximum absolute atomic E-state index is 2.42. The predicted octanol–water partition coefficient (Wildman–Crippen LogP) is 29.1. The van der Waals surface area contributed by atoms with Gasteiger partial charge >= 0.3 is 0 Å². The Labute approximate surface area is 653 Å². The highest BCUT2D eigenvalue weighted by Gasteiger charge is 2.20. The Morgan fingerprint density at radius 3 is 0.910 bits per heavy atom. The second-order valence-electron chi connectivity index (χ2n) is 32.5. The molecule has 26 rings (SSSR count). The van der Waals surface area contributed by atoms with Crippen molar-refractivity contribution in [3.05, 3.63) is 393 Å². The molecule has 0 nitrogen and oxygen atoms in total. The molecule has 0 aromatic heterocycles. The van der Waals surface area contributed by atoms with Gasteiger partial charge in [-0.1, -0.05) is 291 Å². The van der Waals surface area contributed by atoms with E-state index in [0.29, 0.717) is 0 Å². The second-order valence-corrected chi connectivity index (χ2v) is 32.5. The van der Waals surface area contributed by atoms with Crippen LogP contribution in [-0.4, -0.2) is 0 Å². The number of rotatable bonds is 0. The van der Waals surface area contributed by atoms with Crippen LogP contribution in [0.4, 0.5) is 0 Å². The summed E-state index contributed by atoms with van der Waals surface area (Å²) in [6.45, 7) is 0. The van der Waals surface area contributed by atoms with Gasteiger partial charge in [-0.25, -0.2) is 0 Å². The summed E-state index contributed by atoms with van der Waals surface area (Å²) in [5.74, 6) is 0. The van der Waals surface area contributed by atoms with Crippen LogP contribution in [-0.2, 0) is 89.9 Å². The molecule has 7 aliphatic rings. The molecule has 0 amide bonds.